The first-order valence-corrected chi connectivity index (χ1v) is 5.63. The van der Waals surface area contributed by atoms with E-state index < -0.39 is 5.97 Å². The van der Waals surface area contributed by atoms with E-state index >= 15 is 0 Å². The number of nitrogens with zero attached hydrogens (tertiary/aromatic N) is 1. The van der Waals surface area contributed by atoms with Crippen molar-refractivity contribution < 1.29 is 14.7 Å². The Hall–Kier alpha value is -1.06. The van der Waals surface area contributed by atoms with Gasteiger partial charge in [-0.1, -0.05) is 19.8 Å². The Morgan fingerprint density at radius 1 is 1.40 bits per heavy atom. The third-order valence-electron chi connectivity index (χ3n) is 2.64. The van der Waals surface area contributed by atoms with Crippen LogP contribution in [0, 0.1) is 5.92 Å². The Bertz CT molecular complexity index is 236. The first-order valence-electron chi connectivity index (χ1n) is 5.63. The molecule has 0 spiro atoms. The van der Waals surface area contributed by atoms with Crippen LogP contribution in [0.4, 0.5) is 0 Å². The maximum absolute atomic E-state index is 11.7. The summed E-state index contributed by atoms with van der Waals surface area (Å²) in [4.78, 5) is 23.7. The van der Waals surface area contributed by atoms with Crippen molar-refractivity contribution in [3.05, 3.63) is 0 Å². The van der Waals surface area contributed by atoms with Crippen LogP contribution in [0.2, 0.25) is 0 Å². The number of carbonyl (C=O) groups is 2. The van der Waals surface area contributed by atoms with Crippen LogP contribution >= 0.6 is 0 Å². The molecule has 1 rings (SSSR count). The van der Waals surface area contributed by atoms with E-state index in [1.165, 1.54) is 17.7 Å². The Morgan fingerprint density at radius 2 is 2.07 bits per heavy atom. The lowest BCUT2D eigenvalue weighted by atomic mass is 10.2. The van der Waals surface area contributed by atoms with Gasteiger partial charge >= 0.3 is 5.97 Å². The summed E-state index contributed by atoms with van der Waals surface area (Å²) in [6.45, 7) is 2.34. The van der Waals surface area contributed by atoms with Crippen molar-refractivity contribution in [2.24, 2.45) is 5.92 Å². The molecule has 4 heteroatoms. The molecule has 1 amide bonds. The van der Waals surface area contributed by atoms with Gasteiger partial charge < -0.3 is 10.0 Å². The molecule has 0 bridgehead atoms. The molecular weight excluding hydrogens is 194 g/mol. The van der Waals surface area contributed by atoms with Gasteiger partial charge in [0.1, 0.15) is 6.54 Å². The van der Waals surface area contributed by atoms with E-state index in [2.05, 4.69) is 0 Å². The van der Waals surface area contributed by atoms with Gasteiger partial charge in [0.15, 0.2) is 0 Å². The predicted molar refractivity (Wildman–Crippen MR) is 56.5 cm³/mol. The molecule has 0 atom stereocenters. The summed E-state index contributed by atoms with van der Waals surface area (Å²) < 4.78 is 0. The van der Waals surface area contributed by atoms with E-state index in [0.29, 0.717) is 13.0 Å². The second-order valence-electron chi connectivity index (χ2n) is 4.19. The largest absolute Gasteiger partial charge is 0.480 e. The number of carboxylic acids is 1. The fourth-order valence-corrected chi connectivity index (χ4v) is 1.62. The van der Waals surface area contributed by atoms with E-state index in [1.807, 2.05) is 6.92 Å². The lowest BCUT2D eigenvalue weighted by Crippen LogP contribution is -2.36. The van der Waals surface area contributed by atoms with Gasteiger partial charge in [0.05, 0.1) is 0 Å². The molecule has 1 aliphatic carbocycles. The van der Waals surface area contributed by atoms with Crippen LogP contribution in [-0.4, -0.2) is 35.0 Å². The first-order chi connectivity index (χ1) is 7.13. The van der Waals surface area contributed by atoms with Crippen LogP contribution in [0.15, 0.2) is 0 Å². The van der Waals surface area contributed by atoms with Crippen molar-refractivity contribution in [3.8, 4) is 0 Å². The summed E-state index contributed by atoms with van der Waals surface area (Å²) in [6, 6.07) is 0. The zero-order valence-corrected chi connectivity index (χ0v) is 9.24. The second-order valence-corrected chi connectivity index (χ2v) is 4.19. The molecule has 0 saturated heterocycles. The number of amides is 1. The van der Waals surface area contributed by atoms with Gasteiger partial charge in [-0.2, -0.15) is 0 Å². The fourth-order valence-electron chi connectivity index (χ4n) is 1.62. The molecule has 15 heavy (non-hydrogen) atoms. The highest BCUT2D eigenvalue weighted by Crippen LogP contribution is 2.33. The number of rotatable bonds is 7. The van der Waals surface area contributed by atoms with Gasteiger partial charge in [0, 0.05) is 13.0 Å². The molecule has 1 N–H and O–H groups in total. The molecule has 0 aliphatic heterocycles. The number of hydrogen-bond acceptors (Lipinski definition) is 2. The molecule has 0 heterocycles. The molecule has 0 aromatic heterocycles. The van der Waals surface area contributed by atoms with Crippen LogP contribution in [0.1, 0.15) is 39.0 Å². The van der Waals surface area contributed by atoms with Crippen molar-refractivity contribution in [1.29, 1.82) is 0 Å². The average Bonchev–Trinajstić information content (AvgIpc) is 2.96. The summed E-state index contributed by atoms with van der Waals surface area (Å²) in [7, 11) is 0. The van der Waals surface area contributed by atoms with Gasteiger partial charge in [-0.25, -0.2) is 0 Å². The monoisotopic (exact) mass is 213 g/mol. The van der Waals surface area contributed by atoms with E-state index in [1.54, 1.807) is 0 Å². The zero-order chi connectivity index (χ0) is 11.3. The van der Waals surface area contributed by atoms with Crippen LogP contribution in [0.3, 0.4) is 0 Å². The highest BCUT2D eigenvalue weighted by molar-refractivity contribution is 5.81. The Balaban J connectivity index is 2.30. The standard InChI is InChI=1S/C11H19NO3/c1-2-7-12(8-11(14)15)10(13)6-5-9-3-4-9/h9H,2-8H2,1H3,(H,14,15). The average molecular weight is 213 g/mol. The molecule has 1 saturated carbocycles. The van der Waals surface area contributed by atoms with Crippen LogP contribution in [0.5, 0.6) is 0 Å². The topological polar surface area (TPSA) is 57.6 Å². The van der Waals surface area contributed by atoms with Gasteiger partial charge in [-0.05, 0) is 18.8 Å². The van der Waals surface area contributed by atoms with E-state index in [9.17, 15) is 9.59 Å². The highest BCUT2D eigenvalue weighted by Gasteiger charge is 2.23. The second kappa shape index (κ2) is 5.73. The lowest BCUT2D eigenvalue weighted by molar-refractivity contribution is -0.144. The van der Waals surface area contributed by atoms with E-state index in [4.69, 9.17) is 5.11 Å². The smallest absolute Gasteiger partial charge is 0.323 e. The van der Waals surface area contributed by atoms with Crippen molar-refractivity contribution in [3.63, 3.8) is 0 Å². The molecule has 0 unspecified atom stereocenters. The maximum Gasteiger partial charge on any atom is 0.323 e. The Kier molecular flexibility index (Phi) is 4.59. The highest BCUT2D eigenvalue weighted by atomic mass is 16.4. The molecule has 0 aromatic carbocycles. The van der Waals surface area contributed by atoms with E-state index in [0.717, 1.165) is 18.8 Å². The minimum absolute atomic E-state index is 0.00819. The van der Waals surface area contributed by atoms with Crippen molar-refractivity contribution in [1.82, 2.24) is 4.90 Å². The zero-order valence-electron chi connectivity index (χ0n) is 9.24. The van der Waals surface area contributed by atoms with Crippen molar-refractivity contribution in [2.45, 2.75) is 39.0 Å². The van der Waals surface area contributed by atoms with Crippen LogP contribution in [0.25, 0.3) is 0 Å². The number of aliphatic carboxylic acids is 1. The Labute approximate surface area is 90.3 Å². The number of carboxylic acid groups (broad SMARTS) is 1. The number of hydrogen-bond donors (Lipinski definition) is 1. The summed E-state index contributed by atoms with van der Waals surface area (Å²) in [5, 5.41) is 8.66. The minimum Gasteiger partial charge on any atom is -0.480 e. The van der Waals surface area contributed by atoms with Gasteiger partial charge in [-0.15, -0.1) is 0 Å². The van der Waals surface area contributed by atoms with Gasteiger partial charge in [-0.3, -0.25) is 9.59 Å². The first kappa shape index (κ1) is 12.0. The van der Waals surface area contributed by atoms with E-state index in [-0.39, 0.29) is 12.5 Å². The van der Waals surface area contributed by atoms with Crippen molar-refractivity contribution >= 4 is 11.9 Å². The molecule has 0 aromatic rings. The SMILES string of the molecule is CCCN(CC(=O)O)C(=O)CCC1CC1. The Morgan fingerprint density at radius 3 is 2.53 bits per heavy atom. The number of carbonyl (C=O) groups excluding carboxylic acids is 1. The van der Waals surface area contributed by atoms with Crippen molar-refractivity contribution in [2.75, 3.05) is 13.1 Å². The summed E-state index contributed by atoms with van der Waals surface area (Å²) in [5.74, 6) is -0.211. The molecule has 0 radical (unpaired) electrons. The molecule has 1 aliphatic rings. The fraction of sp³-hybridized carbons (Fsp3) is 0.818. The molecule has 4 nitrogen and oxygen atoms in total. The normalized spacial score (nSPS) is 15.0. The predicted octanol–water partition coefficient (Wildman–Crippen LogP) is 1.50. The van der Waals surface area contributed by atoms with Crippen LogP contribution < -0.4 is 0 Å². The summed E-state index contributed by atoms with van der Waals surface area (Å²) >= 11 is 0. The summed E-state index contributed by atoms with van der Waals surface area (Å²) in [5.41, 5.74) is 0. The van der Waals surface area contributed by atoms with Gasteiger partial charge in [0.2, 0.25) is 5.91 Å². The lowest BCUT2D eigenvalue weighted by Gasteiger charge is -2.19. The molecular formula is C11H19NO3. The summed E-state index contributed by atoms with van der Waals surface area (Å²) in [6.07, 6.45) is 4.72. The molecule has 1 fully saturated rings. The minimum atomic E-state index is -0.928. The molecule has 86 valence electrons. The third kappa shape index (κ3) is 4.81. The van der Waals surface area contributed by atoms with Crippen LogP contribution in [-0.2, 0) is 9.59 Å². The van der Waals surface area contributed by atoms with Gasteiger partial charge in [0.25, 0.3) is 0 Å². The maximum atomic E-state index is 11.7. The quantitative estimate of drug-likeness (QED) is 0.697. The third-order valence-corrected chi connectivity index (χ3v) is 2.64.